The molecule has 0 unspecified atom stereocenters. The van der Waals surface area contributed by atoms with Crippen molar-refractivity contribution in [2.45, 2.75) is 13.0 Å². The Labute approximate surface area is 86.8 Å². The van der Waals surface area contributed by atoms with Gasteiger partial charge in [0, 0.05) is 0 Å². The minimum atomic E-state index is -0.621. The Bertz CT molecular complexity index is 385. The van der Waals surface area contributed by atoms with Crippen LogP contribution in [0.5, 0.6) is 0 Å². The standard InChI is InChI=1S/C11H11FO3/c1-7-2-3-10(12)9(4-7)11(13)15-8-5-14-6-8/h2-4,8H,5-6H2,1H3. The van der Waals surface area contributed by atoms with E-state index in [1.165, 1.54) is 12.1 Å². The van der Waals surface area contributed by atoms with Crippen LogP contribution in [0.25, 0.3) is 0 Å². The molecule has 0 atom stereocenters. The van der Waals surface area contributed by atoms with Crippen LogP contribution in [0.15, 0.2) is 18.2 Å². The van der Waals surface area contributed by atoms with E-state index >= 15 is 0 Å². The number of hydrogen-bond donors (Lipinski definition) is 0. The van der Waals surface area contributed by atoms with Gasteiger partial charge in [-0.2, -0.15) is 0 Å². The number of rotatable bonds is 2. The molecule has 1 aliphatic rings. The van der Waals surface area contributed by atoms with Crippen LogP contribution in [-0.2, 0) is 9.47 Å². The molecule has 4 heteroatoms. The van der Waals surface area contributed by atoms with Gasteiger partial charge < -0.3 is 9.47 Å². The lowest BCUT2D eigenvalue weighted by atomic mass is 10.1. The Morgan fingerprint density at radius 2 is 2.27 bits per heavy atom. The van der Waals surface area contributed by atoms with Crippen LogP contribution in [0.4, 0.5) is 4.39 Å². The summed E-state index contributed by atoms with van der Waals surface area (Å²) >= 11 is 0. The largest absolute Gasteiger partial charge is 0.454 e. The maximum Gasteiger partial charge on any atom is 0.341 e. The van der Waals surface area contributed by atoms with Crippen LogP contribution in [0.1, 0.15) is 15.9 Å². The molecule has 80 valence electrons. The van der Waals surface area contributed by atoms with Gasteiger partial charge in [-0.3, -0.25) is 0 Å². The highest BCUT2D eigenvalue weighted by molar-refractivity contribution is 5.90. The Kier molecular flexibility index (Phi) is 2.68. The fraction of sp³-hybridized carbons (Fsp3) is 0.364. The Balaban J connectivity index is 2.12. The van der Waals surface area contributed by atoms with E-state index in [1.54, 1.807) is 13.0 Å². The average molecular weight is 210 g/mol. The molecule has 1 aromatic carbocycles. The van der Waals surface area contributed by atoms with Gasteiger partial charge in [-0.05, 0) is 19.1 Å². The van der Waals surface area contributed by atoms with Gasteiger partial charge in [0.1, 0.15) is 11.9 Å². The fourth-order valence-electron chi connectivity index (χ4n) is 1.29. The summed E-state index contributed by atoms with van der Waals surface area (Å²) in [6.45, 7) is 2.60. The van der Waals surface area contributed by atoms with E-state index in [1.807, 2.05) is 0 Å². The van der Waals surface area contributed by atoms with E-state index in [0.29, 0.717) is 13.2 Å². The first-order valence-electron chi connectivity index (χ1n) is 4.71. The maximum atomic E-state index is 13.3. The number of benzene rings is 1. The van der Waals surface area contributed by atoms with Crippen molar-refractivity contribution < 1.29 is 18.7 Å². The summed E-state index contributed by atoms with van der Waals surface area (Å²) in [5.74, 6) is -1.17. The van der Waals surface area contributed by atoms with E-state index < -0.39 is 11.8 Å². The molecule has 1 aliphatic heterocycles. The first-order chi connectivity index (χ1) is 7.16. The molecule has 0 spiro atoms. The van der Waals surface area contributed by atoms with E-state index in [2.05, 4.69) is 0 Å². The molecule has 0 N–H and O–H groups in total. The highest BCUT2D eigenvalue weighted by Crippen LogP contribution is 2.14. The lowest BCUT2D eigenvalue weighted by Crippen LogP contribution is -2.37. The molecule has 3 nitrogen and oxygen atoms in total. The molecule has 0 bridgehead atoms. The van der Waals surface area contributed by atoms with Crippen molar-refractivity contribution >= 4 is 5.97 Å². The number of esters is 1. The second kappa shape index (κ2) is 3.98. The summed E-state index contributed by atoms with van der Waals surface area (Å²) in [4.78, 5) is 11.5. The van der Waals surface area contributed by atoms with Gasteiger partial charge in [-0.1, -0.05) is 11.6 Å². The van der Waals surface area contributed by atoms with Gasteiger partial charge in [0.15, 0.2) is 0 Å². The van der Waals surface area contributed by atoms with E-state index in [-0.39, 0.29) is 11.7 Å². The molecule has 1 fully saturated rings. The van der Waals surface area contributed by atoms with E-state index in [9.17, 15) is 9.18 Å². The summed E-state index contributed by atoms with van der Waals surface area (Å²) in [6.07, 6.45) is -0.225. The van der Waals surface area contributed by atoms with Gasteiger partial charge in [-0.15, -0.1) is 0 Å². The molecular weight excluding hydrogens is 199 g/mol. The highest BCUT2D eigenvalue weighted by atomic mass is 19.1. The van der Waals surface area contributed by atoms with Gasteiger partial charge in [0.2, 0.25) is 0 Å². The van der Waals surface area contributed by atoms with Crippen molar-refractivity contribution in [1.29, 1.82) is 0 Å². The molecule has 15 heavy (non-hydrogen) atoms. The third-order valence-corrected chi connectivity index (χ3v) is 2.22. The number of aryl methyl sites for hydroxylation is 1. The Morgan fingerprint density at radius 3 is 2.87 bits per heavy atom. The summed E-state index contributed by atoms with van der Waals surface area (Å²) in [6, 6.07) is 4.36. The minimum absolute atomic E-state index is 0.0121. The number of carbonyl (C=O) groups is 1. The van der Waals surface area contributed by atoms with Gasteiger partial charge in [-0.25, -0.2) is 9.18 Å². The second-order valence-corrected chi connectivity index (χ2v) is 3.55. The first-order valence-corrected chi connectivity index (χ1v) is 4.71. The molecule has 1 heterocycles. The van der Waals surface area contributed by atoms with Crippen LogP contribution in [0.2, 0.25) is 0 Å². The zero-order valence-corrected chi connectivity index (χ0v) is 8.33. The third-order valence-electron chi connectivity index (χ3n) is 2.22. The number of halogens is 1. The quantitative estimate of drug-likeness (QED) is 0.697. The third kappa shape index (κ3) is 2.15. The predicted molar refractivity (Wildman–Crippen MR) is 51.2 cm³/mol. The first kappa shape index (κ1) is 10.1. The zero-order chi connectivity index (χ0) is 10.8. The summed E-state index contributed by atoms with van der Waals surface area (Å²) in [5, 5.41) is 0. The molecule has 0 radical (unpaired) electrons. The fourth-order valence-corrected chi connectivity index (χ4v) is 1.29. The van der Waals surface area contributed by atoms with Gasteiger partial charge in [0.25, 0.3) is 0 Å². The number of hydrogen-bond acceptors (Lipinski definition) is 3. The predicted octanol–water partition coefficient (Wildman–Crippen LogP) is 1.69. The number of ether oxygens (including phenoxy) is 2. The van der Waals surface area contributed by atoms with Crippen molar-refractivity contribution in [3.05, 3.63) is 35.1 Å². The van der Waals surface area contributed by atoms with Crippen LogP contribution >= 0.6 is 0 Å². The SMILES string of the molecule is Cc1ccc(F)c(C(=O)OC2COC2)c1. The van der Waals surface area contributed by atoms with Crippen molar-refractivity contribution in [3.8, 4) is 0 Å². The summed E-state index contributed by atoms with van der Waals surface area (Å²) in [5.41, 5.74) is 0.815. The van der Waals surface area contributed by atoms with Gasteiger partial charge in [0.05, 0.1) is 18.8 Å². The minimum Gasteiger partial charge on any atom is -0.454 e. The Hall–Kier alpha value is -1.42. The lowest BCUT2D eigenvalue weighted by molar-refractivity contribution is -0.103. The lowest BCUT2D eigenvalue weighted by Gasteiger charge is -2.25. The molecule has 0 aliphatic carbocycles. The van der Waals surface area contributed by atoms with Crippen LogP contribution in [-0.4, -0.2) is 25.3 Å². The molecule has 1 saturated heterocycles. The van der Waals surface area contributed by atoms with Crippen molar-refractivity contribution in [2.75, 3.05) is 13.2 Å². The van der Waals surface area contributed by atoms with E-state index in [4.69, 9.17) is 9.47 Å². The van der Waals surface area contributed by atoms with Gasteiger partial charge >= 0.3 is 5.97 Å². The van der Waals surface area contributed by atoms with Crippen LogP contribution in [0, 0.1) is 12.7 Å². The van der Waals surface area contributed by atoms with Crippen LogP contribution in [0.3, 0.4) is 0 Å². The maximum absolute atomic E-state index is 13.3. The zero-order valence-electron chi connectivity index (χ0n) is 8.33. The van der Waals surface area contributed by atoms with Crippen LogP contribution < -0.4 is 0 Å². The molecule has 2 rings (SSSR count). The topological polar surface area (TPSA) is 35.5 Å². The average Bonchev–Trinajstić information content (AvgIpc) is 2.15. The smallest absolute Gasteiger partial charge is 0.341 e. The van der Waals surface area contributed by atoms with E-state index in [0.717, 1.165) is 5.56 Å². The monoisotopic (exact) mass is 210 g/mol. The van der Waals surface area contributed by atoms with Crippen molar-refractivity contribution in [2.24, 2.45) is 0 Å². The second-order valence-electron chi connectivity index (χ2n) is 3.55. The summed E-state index contributed by atoms with van der Waals surface area (Å²) < 4.78 is 23.1. The summed E-state index contributed by atoms with van der Waals surface area (Å²) in [7, 11) is 0. The molecule has 0 aromatic heterocycles. The highest BCUT2D eigenvalue weighted by Gasteiger charge is 2.24. The molecule has 0 amide bonds. The molecule has 0 saturated carbocycles. The normalized spacial score (nSPS) is 15.9. The molecular formula is C11H11FO3. The van der Waals surface area contributed by atoms with Crippen molar-refractivity contribution in [1.82, 2.24) is 0 Å². The number of carbonyl (C=O) groups excluding carboxylic acids is 1. The van der Waals surface area contributed by atoms with Crippen molar-refractivity contribution in [3.63, 3.8) is 0 Å². The molecule has 1 aromatic rings. The Morgan fingerprint density at radius 1 is 1.53 bits per heavy atom.